The van der Waals surface area contributed by atoms with E-state index in [0.29, 0.717) is 54.2 Å². The molecule has 2 aromatic heterocycles. The third-order valence-corrected chi connectivity index (χ3v) is 6.90. The van der Waals surface area contributed by atoms with E-state index in [9.17, 15) is 14.4 Å². The maximum absolute atomic E-state index is 15.2. The molecule has 1 saturated heterocycles. The number of amides is 2. The molecule has 226 valence electrons. The molecule has 0 unspecified atom stereocenters. The van der Waals surface area contributed by atoms with Crippen LogP contribution >= 0.6 is 0 Å². The van der Waals surface area contributed by atoms with Crippen LogP contribution in [0.4, 0.5) is 19.7 Å². The molecule has 5 rings (SSSR count). The van der Waals surface area contributed by atoms with Crippen molar-refractivity contribution in [2.24, 2.45) is 5.16 Å². The van der Waals surface area contributed by atoms with Crippen molar-refractivity contribution in [1.29, 1.82) is 0 Å². The van der Waals surface area contributed by atoms with E-state index in [-0.39, 0.29) is 19.6 Å². The number of hydrogen-bond acceptors (Lipinski definition) is 11. The molecule has 1 aromatic carbocycles. The molecule has 0 N–H and O–H groups in total. The third kappa shape index (κ3) is 7.23. The molecule has 2 aliphatic rings. The summed E-state index contributed by atoms with van der Waals surface area (Å²) in [6.07, 6.45) is 3.81. The number of carbonyl (C=O) groups excluding carboxylic acids is 3. The highest BCUT2D eigenvalue weighted by Crippen LogP contribution is 2.29. The molecule has 2 amide bonds. The molecule has 4 heterocycles. The predicted octanol–water partition coefficient (Wildman–Crippen LogP) is 3.02. The van der Waals surface area contributed by atoms with Crippen LogP contribution in [0, 0.1) is 5.82 Å². The van der Waals surface area contributed by atoms with E-state index in [4.69, 9.17) is 14.3 Å². The van der Waals surface area contributed by atoms with Gasteiger partial charge >= 0.3 is 18.2 Å². The Hall–Kier alpha value is -5.08. The van der Waals surface area contributed by atoms with Crippen LogP contribution < -0.4 is 4.90 Å². The number of cyclic esters (lactones) is 1. The SMILES string of the molecule is COC(=O)N(C)CCCC(=O)OC[C@@H]1CC(c2ccc(-c3ccc(N4C[C@H](Cn5ccnn5)OC4=O)cc3F)cn2)=NO1. The minimum Gasteiger partial charge on any atom is -0.462 e. The Morgan fingerprint density at radius 1 is 1.21 bits per heavy atom. The Morgan fingerprint density at radius 2 is 2.07 bits per heavy atom. The third-order valence-electron chi connectivity index (χ3n) is 6.90. The molecule has 0 radical (unpaired) electrons. The first kappa shape index (κ1) is 29.4. The lowest BCUT2D eigenvalue weighted by molar-refractivity contribution is -0.147. The number of anilines is 1. The largest absolute Gasteiger partial charge is 0.462 e. The van der Waals surface area contributed by atoms with Crippen LogP contribution in [0.25, 0.3) is 11.1 Å². The number of halogens is 1. The van der Waals surface area contributed by atoms with Gasteiger partial charge in [0, 0.05) is 50.0 Å². The van der Waals surface area contributed by atoms with Crippen molar-refractivity contribution in [2.45, 2.75) is 38.0 Å². The first-order chi connectivity index (χ1) is 20.8. The van der Waals surface area contributed by atoms with Crippen LogP contribution in [0.3, 0.4) is 0 Å². The number of nitrogens with zero attached hydrogens (tertiary/aromatic N) is 7. The first-order valence-electron chi connectivity index (χ1n) is 13.6. The summed E-state index contributed by atoms with van der Waals surface area (Å²) in [6.45, 7) is 0.997. The van der Waals surface area contributed by atoms with E-state index >= 15 is 4.39 Å². The number of hydrogen-bond donors (Lipinski definition) is 0. The molecule has 3 aromatic rings. The second-order valence-electron chi connectivity index (χ2n) is 9.99. The average molecular weight is 596 g/mol. The molecule has 2 atom stereocenters. The van der Waals surface area contributed by atoms with Gasteiger partial charge in [0.2, 0.25) is 0 Å². The zero-order valence-electron chi connectivity index (χ0n) is 23.6. The normalized spacial score (nSPS) is 17.7. The highest BCUT2D eigenvalue weighted by Gasteiger charge is 2.33. The standard InChI is InChI=1S/C28H30FN7O7/c1-34(27(38)40-2)10-3-4-26(37)41-17-20-13-25(32-43-20)24-8-5-18(14-30-24)22-7-6-19(12-23(22)29)36-16-21(42-28(36)39)15-35-11-9-31-33-35/h5-9,11-12,14,20-21H,3-4,10,13,15-17H2,1-2H3/t20-,21-/m0/s1. The second kappa shape index (κ2) is 13.3. The Kier molecular flexibility index (Phi) is 9.08. The number of pyridine rings is 1. The lowest BCUT2D eigenvalue weighted by Crippen LogP contribution is -2.28. The number of oxime groups is 1. The van der Waals surface area contributed by atoms with Crippen molar-refractivity contribution < 1.29 is 37.8 Å². The highest BCUT2D eigenvalue weighted by molar-refractivity contribution is 5.99. The van der Waals surface area contributed by atoms with Crippen LogP contribution in [-0.2, 0) is 30.4 Å². The number of esters is 1. The summed E-state index contributed by atoms with van der Waals surface area (Å²) in [6, 6.07) is 7.97. The van der Waals surface area contributed by atoms with E-state index in [2.05, 4.69) is 25.2 Å². The predicted molar refractivity (Wildman–Crippen MR) is 149 cm³/mol. The monoisotopic (exact) mass is 595 g/mol. The minimum atomic E-state index is -0.556. The van der Waals surface area contributed by atoms with E-state index in [1.54, 1.807) is 42.2 Å². The molecule has 0 spiro atoms. The van der Waals surface area contributed by atoms with Crippen molar-refractivity contribution >= 4 is 29.6 Å². The Labute approximate surface area is 245 Å². The summed E-state index contributed by atoms with van der Waals surface area (Å²) in [4.78, 5) is 48.4. The summed E-state index contributed by atoms with van der Waals surface area (Å²) < 4.78 is 32.0. The van der Waals surface area contributed by atoms with Gasteiger partial charge in [-0.15, -0.1) is 5.10 Å². The van der Waals surface area contributed by atoms with Gasteiger partial charge in [0.1, 0.15) is 24.2 Å². The number of carbonyl (C=O) groups is 3. The maximum Gasteiger partial charge on any atom is 0.414 e. The summed E-state index contributed by atoms with van der Waals surface area (Å²) in [5, 5.41) is 11.7. The fourth-order valence-electron chi connectivity index (χ4n) is 4.63. The zero-order chi connectivity index (χ0) is 30.3. The van der Waals surface area contributed by atoms with Crippen LogP contribution in [0.5, 0.6) is 0 Å². The fourth-order valence-corrected chi connectivity index (χ4v) is 4.63. The highest BCUT2D eigenvalue weighted by atomic mass is 19.1. The maximum atomic E-state index is 15.2. The lowest BCUT2D eigenvalue weighted by atomic mass is 10.0. The summed E-state index contributed by atoms with van der Waals surface area (Å²) in [5.74, 6) is -0.918. The number of methoxy groups -OCH3 is 1. The molecule has 2 aliphatic heterocycles. The number of ether oxygens (including phenoxy) is 3. The van der Waals surface area contributed by atoms with Crippen LogP contribution in [0.15, 0.2) is 54.1 Å². The summed E-state index contributed by atoms with van der Waals surface area (Å²) in [5.41, 5.74) is 2.38. The van der Waals surface area contributed by atoms with Crippen molar-refractivity contribution in [2.75, 3.05) is 38.8 Å². The van der Waals surface area contributed by atoms with Gasteiger partial charge in [-0.3, -0.25) is 14.7 Å². The Balaban J connectivity index is 1.10. The molecular weight excluding hydrogens is 565 g/mol. The van der Waals surface area contributed by atoms with Gasteiger partial charge in [-0.2, -0.15) is 0 Å². The van der Waals surface area contributed by atoms with E-state index in [0.717, 1.165) is 0 Å². The topological polar surface area (TPSA) is 151 Å². The van der Waals surface area contributed by atoms with Gasteiger partial charge in [-0.1, -0.05) is 16.4 Å². The molecular formula is C28H30FN7O7. The van der Waals surface area contributed by atoms with Gasteiger partial charge in [-0.05, 0) is 30.7 Å². The Bertz CT molecular complexity index is 1480. The molecule has 0 bridgehead atoms. The van der Waals surface area contributed by atoms with Crippen molar-refractivity contribution in [3.8, 4) is 11.1 Å². The van der Waals surface area contributed by atoms with Crippen LogP contribution in [0.1, 0.15) is 25.0 Å². The first-order valence-corrected chi connectivity index (χ1v) is 13.6. The zero-order valence-corrected chi connectivity index (χ0v) is 23.6. The Morgan fingerprint density at radius 3 is 2.79 bits per heavy atom. The van der Waals surface area contributed by atoms with E-state index in [1.807, 2.05) is 0 Å². The number of aromatic nitrogens is 4. The van der Waals surface area contributed by atoms with Gasteiger partial charge in [0.25, 0.3) is 0 Å². The van der Waals surface area contributed by atoms with Crippen molar-refractivity contribution in [1.82, 2.24) is 24.9 Å². The van der Waals surface area contributed by atoms with Crippen molar-refractivity contribution in [3.63, 3.8) is 0 Å². The summed E-state index contributed by atoms with van der Waals surface area (Å²) >= 11 is 0. The van der Waals surface area contributed by atoms with Crippen LogP contribution in [-0.4, -0.2) is 94.8 Å². The molecule has 0 aliphatic carbocycles. The number of rotatable bonds is 11. The van der Waals surface area contributed by atoms with Gasteiger partial charge < -0.3 is 23.9 Å². The molecule has 0 saturated carbocycles. The van der Waals surface area contributed by atoms with Crippen LogP contribution in [0.2, 0.25) is 0 Å². The minimum absolute atomic E-state index is 0.0279. The molecule has 14 nitrogen and oxygen atoms in total. The molecule has 15 heteroatoms. The smallest absolute Gasteiger partial charge is 0.414 e. The van der Waals surface area contributed by atoms with Gasteiger partial charge in [-0.25, -0.2) is 18.7 Å². The van der Waals surface area contributed by atoms with Crippen molar-refractivity contribution in [3.05, 3.63) is 60.4 Å². The quantitative estimate of drug-likeness (QED) is 0.239. The summed E-state index contributed by atoms with van der Waals surface area (Å²) in [7, 11) is 2.88. The average Bonchev–Trinajstić information content (AvgIpc) is 3.78. The van der Waals surface area contributed by atoms with E-state index in [1.165, 1.54) is 35.4 Å². The number of benzene rings is 1. The second-order valence-corrected chi connectivity index (χ2v) is 9.99. The molecule has 1 fully saturated rings. The van der Waals surface area contributed by atoms with Gasteiger partial charge in [0.05, 0.1) is 37.8 Å². The van der Waals surface area contributed by atoms with E-state index < -0.39 is 36.2 Å². The molecule has 43 heavy (non-hydrogen) atoms. The lowest BCUT2D eigenvalue weighted by Gasteiger charge is -2.15. The van der Waals surface area contributed by atoms with Gasteiger partial charge in [0.15, 0.2) is 6.10 Å². The fraction of sp³-hybridized carbons (Fsp3) is 0.393.